The Morgan fingerprint density at radius 3 is 2.65 bits per heavy atom. The van der Waals surface area contributed by atoms with E-state index < -0.39 is 17.9 Å². The van der Waals surface area contributed by atoms with Crippen LogP contribution >= 0.6 is 11.6 Å². The molecule has 2 aromatic rings. The van der Waals surface area contributed by atoms with Crippen molar-refractivity contribution < 1.29 is 19.0 Å². The molecule has 0 radical (unpaired) electrons. The van der Waals surface area contributed by atoms with Crippen molar-refractivity contribution in [2.45, 2.75) is 18.8 Å². The van der Waals surface area contributed by atoms with Gasteiger partial charge in [-0.2, -0.15) is 0 Å². The molecule has 138 valence electrons. The number of carbonyl (C=O) groups excluding carboxylic acids is 1. The summed E-state index contributed by atoms with van der Waals surface area (Å²) in [5.41, 5.74) is 0.789. The second-order valence-electron chi connectivity index (χ2n) is 6.58. The van der Waals surface area contributed by atoms with Crippen LogP contribution in [0.25, 0.3) is 0 Å². The fourth-order valence-electron chi connectivity index (χ4n) is 2.87. The third-order valence-corrected chi connectivity index (χ3v) is 4.57. The number of fused-ring (bicyclic) bond motifs is 1. The summed E-state index contributed by atoms with van der Waals surface area (Å²) in [5, 5.41) is 0.574. The van der Waals surface area contributed by atoms with Gasteiger partial charge < -0.3 is 19.1 Å². The topological polar surface area (TPSA) is 48.0 Å². The minimum absolute atomic E-state index is 0.268. The summed E-state index contributed by atoms with van der Waals surface area (Å²) in [7, 11) is 3.82. The molecule has 0 aromatic heterocycles. The first-order valence-corrected chi connectivity index (χ1v) is 8.79. The van der Waals surface area contributed by atoms with Gasteiger partial charge in [0.15, 0.2) is 0 Å². The van der Waals surface area contributed by atoms with Crippen LogP contribution in [0.1, 0.15) is 18.1 Å². The summed E-state index contributed by atoms with van der Waals surface area (Å²) in [6.45, 7) is 2.80. The number of nitrogens with zero attached hydrogens (tertiary/aromatic N) is 1. The highest BCUT2D eigenvalue weighted by Gasteiger charge is 2.43. The smallest absolute Gasteiger partial charge is 0.376 e. The molecule has 0 N–H and O–H groups in total. The average Bonchev–Trinajstić information content (AvgIpc) is 2.62. The van der Waals surface area contributed by atoms with E-state index in [2.05, 4.69) is 0 Å². The van der Waals surface area contributed by atoms with Crippen LogP contribution in [0, 0.1) is 0 Å². The second kappa shape index (κ2) is 7.66. The highest BCUT2D eigenvalue weighted by atomic mass is 35.5. The van der Waals surface area contributed by atoms with Gasteiger partial charge in [-0.25, -0.2) is 4.79 Å². The van der Waals surface area contributed by atoms with E-state index in [1.54, 1.807) is 18.2 Å². The van der Waals surface area contributed by atoms with Gasteiger partial charge in [0, 0.05) is 17.1 Å². The van der Waals surface area contributed by atoms with Gasteiger partial charge in [-0.3, -0.25) is 0 Å². The quantitative estimate of drug-likeness (QED) is 0.749. The summed E-state index contributed by atoms with van der Waals surface area (Å²) in [4.78, 5) is 14.4. The van der Waals surface area contributed by atoms with E-state index in [-0.39, 0.29) is 6.61 Å². The van der Waals surface area contributed by atoms with Crippen LogP contribution in [0.5, 0.6) is 5.75 Å². The first-order chi connectivity index (χ1) is 12.4. The number of halogens is 1. The Bertz CT molecular complexity index is 781. The fourth-order valence-corrected chi connectivity index (χ4v) is 3.04. The molecule has 1 heterocycles. The van der Waals surface area contributed by atoms with Crippen LogP contribution in [-0.2, 0) is 19.9 Å². The molecule has 0 fully saturated rings. The maximum atomic E-state index is 12.5. The number of rotatable bonds is 5. The molecule has 6 heteroatoms. The normalized spacial score (nSPS) is 21.8. The molecule has 0 aliphatic carbocycles. The van der Waals surface area contributed by atoms with Gasteiger partial charge in [0.2, 0.25) is 0 Å². The van der Waals surface area contributed by atoms with Crippen LogP contribution in [0.15, 0.2) is 48.5 Å². The summed E-state index contributed by atoms with van der Waals surface area (Å²) in [5.74, 6) is 0.0103. The summed E-state index contributed by atoms with van der Waals surface area (Å²) < 4.78 is 17.1. The lowest BCUT2D eigenvalue weighted by Crippen LogP contribution is -2.45. The zero-order valence-corrected chi connectivity index (χ0v) is 15.8. The minimum atomic E-state index is -1.14. The van der Waals surface area contributed by atoms with Crippen molar-refractivity contribution in [2.75, 3.05) is 27.2 Å². The summed E-state index contributed by atoms with van der Waals surface area (Å²) in [6.07, 6.45) is -1.14. The van der Waals surface area contributed by atoms with Gasteiger partial charge >= 0.3 is 12.3 Å². The molecular weight excluding hydrogens is 354 g/mol. The van der Waals surface area contributed by atoms with E-state index in [0.717, 1.165) is 11.1 Å². The largest absolute Gasteiger partial charge is 0.460 e. The Morgan fingerprint density at radius 2 is 1.96 bits per heavy atom. The molecular formula is C20H22ClNO4. The second-order valence-corrected chi connectivity index (χ2v) is 7.01. The van der Waals surface area contributed by atoms with Crippen LogP contribution in [-0.4, -0.2) is 44.4 Å². The average molecular weight is 376 g/mol. The number of carbonyl (C=O) groups is 1. The Kier molecular flexibility index (Phi) is 5.51. The number of hydrogen-bond acceptors (Lipinski definition) is 5. The molecule has 2 atom stereocenters. The first kappa shape index (κ1) is 18.7. The van der Waals surface area contributed by atoms with Crippen molar-refractivity contribution >= 4 is 17.6 Å². The van der Waals surface area contributed by atoms with Gasteiger partial charge in [0.25, 0.3) is 0 Å². The predicted octanol–water partition coefficient (Wildman–Crippen LogP) is 3.44. The SMILES string of the molecule is CN(C)CCOC(=O)[C@H]1Oc2ccc(Cl)cc2[C@](C)(c2ccccc2)O1. The third-order valence-electron chi connectivity index (χ3n) is 4.33. The molecule has 1 aliphatic rings. The number of benzene rings is 2. The Morgan fingerprint density at radius 1 is 1.23 bits per heavy atom. The highest BCUT2D eigenvalue weighted by molar-refractivity contribution is 6.30. The van der Waals surface area contributed by atoms with Crippen LogP contribution < -0.4 is 4.74 Å². The highest BCUT2D eigenvalue weighted by Crippen LogP contribution is 2.44. The molecule has 26 heavy (non-hydrogen) atoms. The molecule has 0 saturated heterocycles. The Hall–Kier alpha value is -2.08. The molecule has 1 aliphatic heterocycles. The van der Waals surface area contributed by atoms with Gasteiger partial charge in [0.1, 0.15) is 18.0 Å². The van der Waals surface area contributed by atoms with E-state index in [4.69, 9.17) is 25.8 Å². The van der Waals surface area contributed by atoms with E-state index >= 15 is 0 Å². The lowest BCUT2D eigenvalue weighted by atomic mass is 9.86. The number of likely N-dealkylation sites (N-methyl/N-ethyl adjacent to an activating group) is 1. The molecule has 3 rings (SSSR count). The van der Waals surface area contributed by atoms with Crippen molar-refractivity contribution in [1.29, 1.82) is 0 Å². The molecule has 0 unspecified atom stereocenters. The number of ether oxygens (including phenoxy) is 3. The molecule has 0 spiro atoms. The molecule has 5 nitrogen and oxygen atoms in total. The number of esters is 1. The van der Waals surface area contributed by atoms with E-state index in [0.29, 0.717) is 17.3 Å². The molecule has 2 aromatic carbocycles. The predicted molar refractivity (Wildman–Crippen MR) is 99.4 cm³/mol. The first-order valence-electron chi connectivity index (χ1n) is 8.41. The van der Waals surface area contributed by atoms with Crippen LogP contribution in [0.3, 0.4) is 0 Å². The van der Waals surface area contributed by atoms with E-state index in [9.17, 15) is 4.79 Å². The van der Waals surface area contributed by atoms with Crippen molar-refractivity contribution in [3.63, 3.8) is 0 Å². The van der Waals surface area contributed by atoms with Crippen molar-refractivity contribution in [3.8, 4) is 5.75 Å². The standard InChI is InChI=1S/C20H22ClNO4/c1-20(14-7-5-4-6-8-14)16-13-15(21)9-10-17(16)25-19(26-20)18(23)24-12-11-22(2)3/h4-10,13,19H,11-12H2,1-3H3/t19-,20-/m0/s1. The van der Waals surface area contributed by atoms with Crippen LogP contribution in [0.4, 0.5) is 0 Å². The van der Waals surface area contributed by atoms with Crippen LogP contribution in [0.2, 0.25) is 5.02 Å². The molecule has 0 saturated carbocycles. The van der Waals surface area contributed by atoms with Crippen molar-refractivity contribution in [1.82, 2.24) is 4.90 Å². The Balaban J connectivity index is 1.91. The zero-order valence-electron chi connectivity index (χ0n) is 15.1. The fraction of sp³-hybridized carbons (Fsp3) is 0.350. The van der Waals surface area contributed by atoms with Gasteiger partial charge in [-0.15, -0.1) is 0 Å². The van der Waals surface area contributed by atoms with Gasteiger partial charge in [0.05, 0.1) is 0 Å². The maximum Gasteiger partial charge on any atom is 0.376 e. The lowest BCUT2D eigenvalue weighted by Gasteiger charge is -2.39. The molecule has 0 amide bonds. The monoisotopic (exact) mass is 375 g/mol. The van der Waals surface area contributed by atoms with Gasteiger partial charge in [-0.05, 0) is 44.8 Å². The maximum absolute atomic E-state index is 12.5. The zero-order chi connectivity index (χ0) is 18.7. The third kappa shape index (κ3) is 3.85. The van der Waals surface area contributed by atoms with Gasteiger partial charge in [-0.1, -0.05) is 41.9 Å². The summed E-state index contributed by atoms with van der Waals surface area (Å²) in [6, 6.07) is 15.0. The lowest BCUT2D eigenvalue weighted by molar-refractivity contribution is -0.206. The van der Waals surface area contributed by atoms with E-state index in [1.165, 1.54) is 0 Å². The number of hydrogen-bond donors (Lipinski definition) is 0. The summed E-state index contributed by atoms with van der Waals surface area (Å²) >= 11 is 6.18. The van der Waals surface area contributed by atoms with E-state index in [1.807, 2.05) is 56.3 Å². The molecule has 0 bridgehead atoms. The van der Waals surface area contributed by atoms with Crippen molar-refractivity contribution in [2.24, 2.45) is 0 Å². The van der Waals surface area contributed by atoms with Crippen molar-refractivity contribution in [3.05, 3.63) is 64.7 Å². The minimum Gasteiger partial charge on any atom is -0.460 e. The Labute approximate surface area is 158 Å².